The summed E-state index contributed by atoms with van der Waals surface area (Å²) in [5.74, 6) is -0.308. The fourth-order valence-electron chi connectivity index (χ4n) is 3.44. The van der Waals surface area contributed by atoms with Crippen molar-refractivity contribution < 1.29 is 14.3 Å². The Kier molecular flexibility index (Phi) is 6.62. The van der Waals surface area contributed by atoms with E-state index in [0.717, 1.165) is 10.6 Å². The third-order valence-corrected chi connectivity index (χ3v) is 6.19. The summed E-state index contributed by atoms with van der Waals surface area (Å²) in [6.45, 7) is 1.74. The second kappa shape index (κ2) is 9.75. The number of aromatic nitrogens is 2. The van der Waals surface area contributed by atoms with Crippen LogP contribution in [0.2, 0.25) is 0 Å². The van der Waals surface area contributed by atoms with Gasteiger partial charge in [0.15, 0.2) is 5.01 Å². The first-order valence-corrected chi connectivity index (χ1v) is 11.0. The molecule has 32 heavy (non-hydrogen) atoms. The highest BCUT2D eigenvalue weighted by Crippen LogP contribution is 2.28. The van der Waals surface area contributed by atoms with E-state index in [2.05, 4.69) is 15.3 Å². The zero-order chi connectivity index (χ0) is 22.5. The van der Waals surface area contributed by atoms with Gasteiger partial charge >= 0.3 is 6.03 Å². The third-order valence-electron chi connectivity index (χ3n) is 5.11. The van der Waals surface area contributed by atoms with Gasteiger partial charge in [-0.2, -0.15) is 0 Å². The number of benzene rings is 1. The van der Waals surface area contributed by atoms with Crippen LogP contribution in [-0.2, 0) is 17.7 Å². The molecule has 0 spiro atoms. The third kappa shape index (κ3) is 4.71. The largest absolute Gasteiger partial charge is 0.397 e. The van der Waals surface area contributed by atoms with E-state index in [-0.39, 0.29) is 11.9 Å². The maximum atomic E-state index is 13.3. The van der Waals surface area contributed by atoms with Crippen LogP contribution in [0.5, 0.6) is 0 Å². The Labute approximate surface area is 189 Å². The van der Waals surface area contributed by atoms with Crippen LogP contribution < -0.4 is 16.0 Å². The number of nitrogens with one attached hydrogen (secondary N) is 1. The van der Waals surface area contributed by atoms with Gasteiger partial charge in [0.25, 0.3) is 5.91 Å². The van der Waals surface area contributed by atoms with Crippen molar-refractivity contribution in [2.75, 3.05) is 42.8 Å². The van der Waals surface area contributed by atoms with Gasteiger partial charge in [0, 0.05) is 31.1 Å². The van der Waals surface area contributed by atoms with Crippen molar-refractivity contribution in [2.24, 2.45) is 0 Å². The molecule has 166 valence electrons. The number of rotatable bonds is 6. The quantitative estimate of drug-likeness (QED) is 0.556. The predicted molar refractivity (Wildman–Crippen MR) is 124 cm³/mol. The van der Waals surface area contributed by atoms with E-state index in [0.29, 0.717) is 54.7 Å². The van der Waals surface area contributed by atoms with Crippen molar-refractivity contribution in [3.63, 3.8) is 0 Å². The zero-order valence-electron chi connectivity index (χ0n) is 17.7. The van der Waals surface area contributed by atoms with Gasteiger partial charge in [-0.1, -0.05) is 12.1 Å². The van der Waals surface area contributed by atoms with Crippen molar-refractivity contribution in [2.45, 2.75) is 13.0 Å². The molecule has 0 unspecified atom stereocenters. The van der Waals surface area contributed by atoms with Crippen molar-refractivity contribution in [1.29, 1.82) is 0 Å². The normalized spacial score (nSPS) is 12.8. The number of thiazole rings is 1. The maximum absolute atomic E-state index is 13.3. The summed E-state index contributed by atoms with van der Waals surface area (Å²) in [6.07, 6.45) is 3.92. The molecular weight excluding hydrogens is 428 g/mol. The molecule has 10 heteroatoms. The molecule has 0 radical (unpaired) electrons. The van der Waals surface area contributed by atoms with E-state index in [9.17, 15) is 9.59 Å². The lowest BCUT2D eigenvalue weighted by Crippen LogP contribution is -2.46. The Hall–Kier alpha value is -3.50. The number of nitrogens with zero attached hydrogens (tertiary/aromatic N) is 4. The van der Waals surface area contributed by atoms with Crippen LogP contribution in [-0.4, -0.2) is 53.6 Å². The van der Waals surface area contributed by atoms with Gasteiger partial charge in [-0.15, -0.1) is 11.3 Å². The fraction of sp³-hybridized carbons (Fsp3) is 0.273. The van der Waals surface area contributed by atoms with Gasteiger partial charge < -0.3 is 20.7 Å². The molecule has 0 atom stereocenters. The number of para-hydroxylation sites is 2. The molecule has 2 aromatic heterocycles. The topological polar surface area (TPSA) is 114 Å². The number of urea groups is 1. The highest BCUT2D eigenvalue weighted by molar-refractivity contribution is 7.13. The lowest BCUT2D eigenvalue weighted by Gasteiger charge is -2.32. The van der Waals surface area contributed by atoms with Crippen LogP contribution in [0.1, 0.15) is 20.4 Å². The fourth-order valence-corrected chi connectivity index (χ4v) is 4.46. The van der Waals surface area contributed by atoms with Crippen LogP contribution in [0.3, 0.4) is 0 Å². The highest BCUT2D eigenvalue weighted by Gasteiger charge is 2.29. The van der Waals surface area contributed by atoms with Crippen LogP contribution in [0.4, 0.5) is 21.9 Å². The summed E-state index contributed by atoms with van der Waals surface area (Å²) in [5.41, 5.74) is 8.52. The minimum Gasteiger partial charge on any atom is -0.397 e. The molecule has 3 heterocycles. The molecule has 0 saturated heterocycles. The number of fused-ring (bicyclic) bond motifs is 1. The van der Waals surface area contributed by atoms with Crippen LogP contribution in [0, 0.1) is 0 Å². The molecular formula is C22H24N6O3S. The number of amides is 3. The second-order valence-electron chi connectivity index (χ2n) is 7.24. The molecule has 3 amide bonds. The minimum absolute atomic E-state index is 0.128. The monoisotopic (exact) mass is 452 g/mol. The Morgan fingerprint density at radius 3 is 2.88 bits per heavy atom. The van der Waals surface area contributed by atoms with Gasteiger partial charge in [-0.25, -0.2) is 9.78 Å². The number of nitrogens with two attached hydrogens (primary N) is 1. The molecule has 9 nitrogen and oxygen atoms in total. The molecule has 0 saturated carbocycles. The maximum Gasteiger partial charge on any atom is 0.324 e. The van der Waals surface area contributed by atoms with Gasteiger partial charge in [0.1, 0.15) is 0 Å². The van der Waals surface area contributed by atoms with E-state index in [4.69, 9.17) is 10.5 Å². The minimum atomic E-state index is -0.308. The number of anilines is 3. The predicted octanol–water partition coefficient (Wildman–Crippen LogP) is 3.00. The highest BCUT2D eigenvalue weighted by atomic mass is 32.1. The van der Waals surface area contributed by atoms with Crippen molar-refractivity contribution in [1.82, 2.24) is 14.9 Å². The van der Waals surface area contributed by atoms with E-state index in [1.165, 1.54) is 11.3 Å². The molecule has 0 aliphatic carbocycles. The summed E-state index contributed by atoms with van der Waals surface area (Å²) >= 11 is 1.30. The molecule has 0 fully saturated rings. The van der Waals surface area contributed by atoms with E-state index in [1.54, 1.807) is 59.6 Å². The zero-order valence-corrected chi connectivity index (χ0v) is 18.5. The summed E-state index contributed by atoms with van der Waals surface area (Å²) in [4.78, 5) is 38.9. The smallest absolute Gasteiger partial charge is 0.324 e. The van der Waals surface area contributed by atoms with E-state index in [1.807, 2.05) is 6.07 Å². The summed E-state index contributed by atoms with van der Waals surface area (Å²) in [7, 11) is 1.60. The lowest BCUT2D eigenvalue weighted by molar-refractivity contribution is 0.102. The standard InChI is InChI=1S/C22H24N6O3S/c1-31-12-11-28(15-5-4-9-24-13-15)22(30)27-10-8-18-19(14-27)32-21(26-18)20(29)25-17-7-3-2-6-16(17)23/h2-7,9,13H,8,10-12,14,23H2,1H3,(H,25,29). The number of ether oxygens (including phenoxy) is 1. The second-order valence-corrected chi connectivity index (χ2v) is 8.32. The molecule has 1 aliphatic heterocycles. The van der Waals surface area contributed by atoms with Gasteiger partial charge in [-0.05, 0) is 24.3 Å². The van der Waals surface area contributed by atoms with Crippen LogP contribution >= 0.6 is 11.3 Å². The Morgan fingerprint density at radius 1 is 1.28 bits per heavy atom. The van der Waals surface area contributed by atoms with Crippen LogP contribution in [0.25, 0.3) is 0 Å². The molecule has 1 aromatic carbocycles. The van der Waals surface area contributed by atoms with Crippen molar-refractivity contribution in [3.8, 4) is 0 Å². The number of methoxy groups -OCH3 is 1. The average Bonchev–Trinajstić information content (AvgIpc) is 3.25. The summed E-state index contributed by atoms with van der Waals surface area (Å²) in [6, 6.07) is 10.6. The molecule has 3 N–H and O–H groups in total. The summed E-state index contributed by atoms with van der Waals surface area (Å²) < 4.78 is 5.18. The Bertz CT molecular complexity index is 1100. The molecule has 3 aromatic rings. The molecule has 4 rings (SSSR count). The van der Waals surface area contributed by atoms with E-state index >= 15 is 0 Å². The van der Waals surface area contributed by atoms with Gasteiger partial charge in [0.2, 0.25) is 0 Å². The first-order valence-electron chi connectivity index (χ1n) is 10.2. The number of hydrogen-bond acceptors (Lipinski definition) is 7. The number of nitrogen functional groups attached to an aromatic ring is 1. The molecule has 0 bridgehead atoms. The van der Waals surface area contributed by atoms with Crippen LogP contribution in [0.15, 0.2) is 48.8 Å². The first-order chi connectivity index (χ1) is 15.6. The van der Waals surface area contributed by atoms with Gasteiger partial charge in [-0.3, -0.25) is 14.7 Å². The number of carbonyl (C=O) groups excluding carboxylic acids is 2. The van der Waals surface area contributed by atoms with Crippen molar-refractivity contribution >= 4 is 40.3 Å². The number of pyridine rings is 1. The van der Waals surface area contributed by atoms with Gasteiger partial charge in [0.05, 0.1) is 48.6 Å². The Morgan fingerprint density at radius 2 is 2.12 bits per heavy atom. The number of hydrogen-bond donors (Lipinski definition) is 2. The van der Waals surface area contributed by atoms with Crippen molar-refractivity contribution in [3.05, 3.63) is 64.4 Å². The average molecular weight is 453 g/mol. The lowest BCUT2D eigenvalue weighted by atomic mass is 10.2. The van der Waals surface area contributed by atoms with E-state index < -0.39 is 0 Å². The Balaban J connectivity index is 1.48. The summed E-state index contributed by atoms with van der Waals surface area (Å²) in [5, 5.41) is 3.16. The SMILES string of the molecule is COCCN(C(=O)N1CCc2nc(C(=O)Nc3ccccc3N)sc2C1)c1cccnc1. The number of carbonyl (C=O) groups is 2. The molecule has 1 aliphatic rings. The first kappa shape index (κ1) is 21.7.